The van der Waals surface area contributed by atoms with Crippen LogP contribution in [0.25, 0.3) is 10.8 Å². The van der Waals surface area contributed by atoms with E-state index in [0.29, 0.717) is 11.8 Å². The summed E-state index contributed by atoms with van der Waals surface area (Å²) in [4.78, 5) is 11.4. The molecule has 2 aromatic carbocycles. The topological polar surface area (TPSA) is 32.3 Å². The third-order valence-corrected chi connectivity index (χ3v) is 4.13. The molecule has 0 aliphatic carbocycles. The molecular formula is C17H17F3N2O. The predicted molar refractivity (Wildman–Crippen MR) is 81.6 cm³/mol. The number of aryl methyl sites for hydroxylation is 1. The van der Waals surface area contributed by atoms with E-state index in [1.807, 2.05) is 25.1 Å². The van der Waals surface area contributed by atoms with Gasteiger partial charge in [-0.15, -0.1) is 0 Å². The van der Waals surface area contributed by atoms with Crippen LogP contribution in [0.2, 0.25) is 0 Å². The number of benzene rings is 2. The lowest BCUT2D eigenvalue weighted by Crippen LogP contribution is -2.43. The fraction of sp³-hybridized carbons (Fsp3) is 0.353. The summed E-state index contributed by atoms with van der Waals surface area (Å²) < 4.78 is 41.3. The molecule has 1 unspecified atom stereocenters. The second-order valence-corrected chi connectivity index (χ2v) is 5.68. The van der Waals surface area contributed by atoms with Gasteiger partial charge in [-0.2, -0.15) is 13.2 Å². The van der Waals surface area contributed by atoms with Crippen molar-refractivity contribution in [1.82, 2.24) is 10.4 Å². The first-order valence-electron chi connectivity index (χ1n) is 7.54. The standard InChI is InChI=1S/C17H17F3N2O/c1-2-11-9-12-5-3-4-6-13(12)14(10-11)16(17(18,19)20)22-8-7-15(23)21-22/h3-6,9-10,16H,2,7-8H2,1H3,(H,21,23). The van der Waals surface area contributed by atoms with E-state index >= 15 is 0 Å². The van der Waals surface area contributed by atoms with Gasteiger partial charge >= 0.3 is 6.18 Å². The van der Waals surface area contributed by atoms with E-state index < -0.39 is 12.2 Å². The highest BCUT2D eigenvalue weighted by Gasteiger charge is 2.47. The predicted octanol–water partition coefficient (Wildman–Crippen LogP) is 3.74. The SMILES string of the molecule is CCc1cc(C(N2CCC(=O)N2)C(F)(F)F)c2ccccc2c1. The van der Waals surface area contributed by atoms with Crippen LogP contribution in [0, 0.1) is 0 Å². The van der Waals surface area contributed by atoms with Gasteiger partial charge in [-0.3, -0.25) is 10.2 Å². The van der Waals surface area contributed by atoms with Crippen molar-refractivity contribution in [3.8, 4) is 0 Å². The minimum absolute atomic E-state index is 0.0493. The number of alkyl halides is 3. The Morgan fingerprint density at radius 1 is 1.26 bits per heavy atom. The molecule has 3 rings (SSSR count). The van der Waals surface area contributed by atoms with Crippen LogP contribution in [-0.2, 0) is 11.2 Å². The summed E-state index contributed by atoms with van der Waals surface area (Å²) in [6, 6.07) is 8.72. The Morgan fingerprint density at radius 2 is 2.00 bits per heavy atom. The van der Waals surface area contributed by atoms with Gasteiger partial charge in [0.05, 0.1) is 0 Å². The summed E-state index contributed by atoms with van der Waals surface area (Å²) in [5.74, 6) is -0.379. The van der Waals surface area contributed by atoms with E-state index in [1.165, 1.54) is 0 Å². The Balaban J connectivity index is 2.19. The number of nitrogens with one attached hydrogen (secondary N) is 1. The zero-order chi connectivity index (χ0) is 16.6. The zero-order valence-electron chi connectivity index (χ0n) is 12.7. The van der Waals surface area contributed by atoms with E-state index in [-0.39, 0.29) is 24.4 Å². The molecule has 23 heavy (non-hydrogen) atoms. The first kappa shape index (κ1) is 15.8. The van der Waals surface area contributed by atoms with E-state index in [4.69, 9.17) is 0 Å². The van der Waals surface area contributed by atoms with Gasteiger partial charge in [-0.05, 0) is 28.3 Å². The molecule has 2 aromatic rings. The van der Waals surface area contributed by atoms with Crippen molar-refractivity contribution < 1.29 is 18.0 Å². The molecule has 1 atom stereocenters. The summed E-state index contributed by atoms with van der Waals surface area (Å²) in [6.45, 7) is 1.96. The summed E-state index contributed by atoms with van der Waals surface area (Å²) in [5.41, 5.74) is 3.37. The molecule has 1 aliphatic rings. The van der Waals surface area contributed by atoms with Crippen LogP contribution in [0.3, 0.4) is 0 Å². The van der Waals surface area contributed by atoms with Gasteiger partial charge in [-0.1, -0.05) is 43.3 Å². The maximum Gasteiger partial charge on any atom is 0.409 e. The van der Waals surface area contributed by atoms with E-state index in [2.05, 4.69) is 5.43 Å². The molecule has 0 saturated carbocycles. The molecule has 0 aromatic heterocycles. The van der Waals surface area contributed by atoms with Crippen LogP contribution in [0.5, 0.6) is 0 Å². The Kier molecular flexibility index (Phi) is 4.02. The summed E-state index contributed by atoms with van der Waals surface area (Å²) >= 11 is 0. The molecule has 1 amide bonds. The number of amides is 1. The molecule has 0 spiro atoms. The number of hydrazine groups is 1. The molecule has 1 aliphatic heterocycles. The van der Waals surface area contributed by atoms with Crippen LogP contribution in [-0.4, -0.2) is 23.6 Å². The van der Waals surface area contributed by atoms with Gasteiger partial charge in [0.1, 0.15) is 0 Å². The maximum absolute atomic E-state index is 13.8. The normalized spacial score (nSPS) is 17.5. The van der Waals surface area contributed by atoms with Crippen LogP contribution in [0.1, 0.15) is 30.5 Å². The molecule has 1 fully saturated rings. The quantitative estimate of drug-likeness (QED) is 0.933. The molecule has 3 nitrogen and oxygen atoms in total. The smallest absolute Gasteiger partial charge is 0.288 e. The van der Waals surface area contributed by atoms with E-state index in [9.17, 15) is 18.0 Å². The van der Waals surface area contributed by atoms with Gasteiger partial charge in [0.15, 0.2) is 6.04 Å². The summed E-state index contributed by atoms with van der Waals surface area (Å²) in [7, 11) is 0. The van der Waals surface area contributed by atoms with Crippen molar-refractivity contribution >= 4 is 16.7 Å². The second kappa shape index (κ2) is 5.85. The molecule has 1 saturated heterocycles. The fourth-order valence-corrected chi connectivity index (χ4v) is 3.04. The Morgan fingerprint density at radius 3 is 2.61 bits per heavy atom. The Hall–Kier alpha value is -2.08. The number of carbonyl (C=O) groups excluding carboxylic acids is 1. The first-order chi connectivity index (χ1) is 10.9. The Labute approximate surface area is 132 Å². The van der Waals surface area contributed by atoms with Crippen molar-refractivity contribution in [2.24, 2.45) is 0 Å². The van der Waals surface area contributed by atoms with Gasteiger partial charge in [0.25, 0.3) is 0 Å². The molecule has 0 bridgehead atoms. The molecule has 6 heteroatoms. The third-order valence-electron chi connectivity index (χ3n) is 4.13. The number of halogens is 3. The van der Waals surface area contributed by atoms with E-state index in [0.717, 1.165) is 16.0 Å². The molecule has 122 valence electrons. The molecule has 1 heterocycles. The van der Waals surface area contributed by atoms with Crippen molar-refractivity contribution in [2.45, 2.75) is 32.0 Å². The highest BCUT2D eigenvalue weighted by Crippen LogP contribution is 2.41. The monoisotopic (exact) mass is 322 g/mol. The maximum atomic E-state index is 13.8. The second-order valence-electron chi connectivity index (χ2n) is 5.68. The fourth-order valence-electron chi connectivity index (χ4n) is 3.04. The number of hydrogen-bond donors (Lipinski definition) is 1. The highest BCUT2D eigenvalue weighted by atomic mass is 19.4. The number of nitrogens with zero attached hydrogens (tertiary/aromatic N) is 1. The van der Waals surface area contributed by atoms with Crippen molar-refractivity contribution in [1.29, 1.82) is 0 Å². The molecule has 0 radical (unpaired) electrons. The lowest BCUT2D eigenvalue weighted by atomic mass is 9.94. The Bertz CT molecular complexity index is 742. The average molecular weight is 322 g/mol. The molecular weight excluding hydrogens is 305 g/mol. The summed E-state index contributed by atoms with van der Waals surface area (Å²) in [6.07, 6.45) is -3.75. The first-order valence-corrected chi connectivity index (χ1v) is 7.54. The largest absolute Gasteiger partial charge is 0.409 e. The lowest BCUT2D eigenvalue weighted by Gasteiger charge is -2.30. The lowest BCUT2D eigenvalue weighted by molar-refractivity contribution is -0.190. The average Bonchev–Trinajstić information content (AvgIpc) is 2.91. The van der Waals surface area contributed by atoms with Gasteiger partial charge < -0.3 is 0 Å². The number of rotatable bonds is 3. The number of fused-ring (bicyclic) bond motifs is 1. The minimum Gasteiger partial charge on any atom is -0.288 e. The van der Waals surface area contributed by atoms with Crippen LogP contribution < -0.4 is 5.43 Å². The van der Waals surface area contributed by atoms with Crippen LogP contribution >= 0.6 is 0 Å². The van der Waals surface area contributed by atoms with Gasteiger partial charge in [0.2, 0.25) is 5.91 Å². The zero-order valence-corrected chi connectivity index (χ0v) is 12.7. The van der Waals surface area contributed by atoms with Crippen molar-refractivity contribution in [3.63, 3.8) is 0 Å². The number of carbonyl (C=O) groups is 1. The third kappa shape index (κ3) is 3.03. The van der Waals surface area contributed by atoms with Crippen molar-refractivity contribution in [3.05, 3.63) is 47.5 Å². The van der Waals surface area contributed by atoms with E-state index in [1.54, 1.807) is 18.2 Å². The minimum atomic E-state index is -4.48. The summed E-state index contributed by atoms with van der Waals surface area (Å²) in [5, 5.41) is 2.35. The van der Waals surface area contributed by atoms with Crippen LogP contribution in [0.4, 0.5) is 13.2 Å². The van der Waals surface area contributed by atoms with Gasteiger partial charge in [-0.25, -0.2) is 5.01 Å². The molecule has 1 N–H and O–H groups in total. The van der Waals surface area contributed by atoms with Crippen LogP contribution in [0.15, 0.2) is 36.4 Å². The van der Waals surface area contributed by atoms with Gasteiger partial charge in [0, 0.05) is 13.0 Å². The van der Waals surface area contributed by atoms with Crippen molar-refractivity contribution in [2.75, 3.05) is 6.54 Å². The number of hydrogen-bond acceptors (Lipinski definition) is 2. The highest BCUT2D eigenvalue weighted by molar-refractivity contribution is 5.87.